The zero-order valence-electron chi connectivity index (χ0n) is 12.3. The molecule has 1 aliphatic carbocycles. The summed E-state index contributed by atoms with van der Waals surface area (Å²) in [6.45, 7) is 4.97. The van der Waals surface area contributed by atoms with Gasteiger partial charge in [-0.05, 0) is 43.4 Å². The minimum Gasteiger partial charge on any atom is -0.346 e. The number of hydrogen-bond acceptors (Lipinski definition) is 4. The Balaban J connectivity index is 1.90. The molecule has 0 radical (unpaired) electrons. The lowest BCUT2D eigenvalue weighted by Gasteiger charge is -2.42. The van der Waals surface area contributed by atoms with E-state index in [2.05, 4.69) is 29.2 Å². The fourth-order valence-corrected chi connectivity index (χ4v) is 3.21. The van der Waals surface area contributed by atoms with Gasteiger partial charge in [-0.3, -0.25) is 0 Å². The van der Waals surface area contributed by atoms with Crippen molar-refractivity contribution in [2.24, 2.45) is 11.7 Å². The van der Waals surface area contributed by atoms with Crippen molar-refractivity contribution in [1.29, 1.82) is 0 Å². The standard InChI is InChI=1S/C15H23N5/c1-11-6-8-20-13(9-11)17-14(19-20)18-15(10-16)7-4-3-5-12(15)2/h6,8-9,12H,3-5,7,10,16H2,1-2H3,(H,18,19). The second kappa shape index (κ2) is 5.05. The lowest BCUT2D eigenvalue weighted by Crippen LogP contribution is -2.52. The summed E-state index contributed by atoms with van der Waals surface area (Å²) in [6, 6.07) is 4.07. The van der Waals surface area contributed by atoms with Gasteiger partial charge in [-0.15, -0.1) is 5.10 Å². The van der Waals surface area contributed by atoms with Gasteiger partial charge in [-0.25, -0.2) is 4.52 Å². The lowest BCUT2D eigenvalue weighted by molar-refractivity contribution is 0.234. The molecule has 1 fully saturated rings. The van der Waals surface area contributed by atoms with E-state index in [4.69, 9.17) is 5.73 Å². The normalized spacial score (nSPS) is 26.9. The number of nitrogens with zero attached hydrogens (tertiary/aromatic N) is 3. The molecule has 5 heteroatoms. The predicted molar refractivity (Wildman–Crippen MR) is 80.8 cm³/mol. The number of aryl methyl sites for hydroxylation is 1. The molecule has 3 N–H and O–H groups in total. The number of nitrogens with two attached hydrogens (primary N) is 1. The van der Waals surface area contributed by atoms with Crippen LogP contribution in [0.4, 0.5) is 5.95 Å². The fraction of sp³-hybridized carbons (Fsp3) is 0.600. The Morgan fingerprint density at radius 1 is 1.50 bits per heavy atom. The first-order valence-electron chi connectivity index (χ1n) is 7.44. The summed E-state index contributed by atoms with van der Waals surface area (Å²) in [5.74, 6) is 1.24. The number of nitrogens with one attached hydrogen (secondary N) is 1. The highest BCUT2D eigenvalue weighted by atomic mass is 15.4. The largest absolute Gasteiger partial charge is 0.346 e. The van der Waals surface area contributed by atoms with Crippen molar-refractivity contribution in [3.05, 3.63) is 23.9 Å². The quantitative estimate of drug-likeness (QED) is 0.901. The van der Waals surface area contributed by atoms with E-state index in [0.717, 1.165) is 12.1 Å². The van der Waals surface area contributed by atoms with Crippen molar-refractivity contribution < 1.29 is 0 Å². The van der Waals surface area contributed by atoms with Crippen LogP contribution >= 0.6 is 0 Å². The molecule has 20 heavy (non-hydrogen) atoms. The highest BCUT2D eigenvalue weighted by Crippen LogP contribution is 2.35. The fourth-order valence-electron chi connectivity index (χ4n) is 3.21. The second-order valence-electron chi connectivity index (χ2n) is 6.07. The Labute approximate surface area is 119 Å². The van der Waals surface area contributed by atoms with Crippen LogP contribution in [0.5, 0.6) is 0 Å². The number of anilines is 1. The van der Waals surface area contributed by atoms with Gasteiger partial charge in [0.05, 0.1) is 5.54 Å². The van der Waals surface area contributed by atoms with Crippen molar-refractivity contribution in [3.63, 3.8) is 0 Å². The van der Waals surface area contributed by atoms with E-state index < -0.39 is 0 Å². The van der Waals surface area contributed by atoms with E-state index in [1.54, 1.807) is 0 Å². The van der Waals surface area contributed by atoms with E-state index in [0.29, 0.717) is 18.4 Å². The molecular formula is C15H23N5. The van der Waals surface area contributed by atoms with Crippen LogP contribution in [0.3, 0.4) is 0 Å². The maximum absolute atomic E-state index is 6.07. The molecule has 0 aromatic carbocycles. The molecule has 2 heterocycles. The molecule has 2 unspecified atom stereocenters. The summed E-state index contributed by atoms with van der Waals surface area (Å²) in [6.07, 6.45) is 6.78. The highest BCUT2D eigenvalue weighted by molar-refractivity contribution is 5.46. The van der Waals surface area contributed by atoms with E-state index in [1.807, 2.05) is 22.8 Å². The van der Waals surface area contributed by atoms with Gasteiger partial charge in [0.25, 0.3) is 0 Å². The van der Waals surface area contributed by atoms with Crippen LogP contribution in [0.2, 0.25) is 0 Å². The van der Waals surface area contributed by atoms with E-state index in [9.17, 15) is 0 Å². The summed E-state index contributed by atoms with van der Waals surface area (Å²) in [5, 5.41) is 8.05. The van der Waals surface area contributed by atoms with Gasteiger partial charge in [0.1, 0.15) is 0 Å². The molecule has 0 aliphatic heterocycles. The maximum atomic E-state index is 6.07. The molecule has 2 aromatic rings. The van der Waals surface area contributed by atoms with Gasteiger partial charge in [0, 0.05) is 12.7 Å². The van der Waals surface area contributed by atoms with E-state index in [1.165, 1.54) is 24.8 Å². The Bertz CT molecular complexity index is 605. The van der Waals surface area contributed by atoms with Crippen LogP contribution in [0, 0.1) is 12.8 Å². The second-order valence-corrected chi connectivity index (χ2v) is 6.07. The van der Waals surface area contributed by atoms with Crippen molar-refractivity contribution in [3.8, 4) is 0 Å². The zero-order chi connectivity index (χ0) is 14.2. The Morgan fingerprint density at radius 2 is 2.35 bits per heavy atom. The third-order valence-corrected chi connectivity index (χ3v) is 4.67. The van der Waals surface area contributed by atoms with Crippen molar-refractivity contribution >= 4 is 11.6 Å². The third-order valence-electron chi connectivity index (χ3n) is 4.67. The highest BCUT2D eigenvalue weighted by Gasteiger charge is 2.37. The van der Waals surface area contributed by atoms with Crippen LogP contribution in [0.15, 0.2) is 18.3 Å². The monoisotopic (exact) mass is 273 g/mol. The first kappa shape index (κ1) is 13.4. The number of hydrogen-bond donors (Lipinski definition) is 2. The molecule has 1 aliphatic rings. The maximum Gasteiger partial charge on any atom is 0.243 e. The van der Waals surface area contributed by atoms with Gasteiger partial charge < -0.3 is 11.1 Å². The van der Waals surface area contributed by atoms with Crippen molar-refractivity contribution in [1.82, 2.24) is 14.6 Å². The van der Waals surface area contributed by atoms with Crippen LogP contribution < -0.4 is 11.1 Å². The van der Waals surface area contributed by atoms with Gasteiger partial charge in [0.2, 0.25) is 5.95 Å². The van der Waals surface area contributed by atoms with Gasteiger partial charge in [-0.2, -0.15) is 4.98 Å². The molecule has 108 valence electrons. The molecule has 2 aromatic heterocycles. The molecule has 0 bridgehead atoms. The number of fused-ring (bicyclic) bond motifs is 1. The first-order chi connectivity index (χ1) is 9.63. The molecular weight excluding hydrogens is 250 g/mol. The molecule has 5 nitrogen and oxygen atoms in total. The van der Waals surface area contributed by atoms with Crippen LogP contribution in [0.25, 0.3) is 5.65 Å². The van der Waals surface area contributed by atoms with Crippen LogP contribution in [-0.2, 0) is 0 Å². The first-order valence-corrected chi connectivity index (χ1v) is 7.44. The van der Waals surface area contributed by atoms with Crippen molar-refractivity contribution in [2.45, 2.75) is 45.1 Å². The molecule has 0 spiro atoms. The van der Waals surface area contributed by atoms with Gasteiger partial charge in [0.15, 0.2) is 5.65 Å². The minimum absolute atomic E-state index is 0.0573. The molecule has 0 amide bonds. The summed E-state index contributed by atoms with van der Waals surface area (Å²) in [4.78, 5) is 4.58. The van der Waals surface area contributed by atoms with Gasteiger partial charge in [-0.1, -0.05) is 19.8 Å². The SMILES string of the molecule is Cc1ccn2nc(NC3(CN)CCCCC3C)nc2c1. The van der Waals surface area contributed by atoms with Crippen LogP contribution in [0.1, 0.15) is 38.2 Å². The van der Waals surface area contributed by atoms with Crippen molar-refractivity contribution in [2.75, 3.05) is 11.9 Å². The summed E-state index contributed by atoms with van der Waals surface area (Å²) in [5.41, 5.74) is 8.08. The minimum atomic E-state index is -0.0573. The third kappa shape index (κ3) is 2.26. The Morgan fingerprint density at radius 3 is 3.10 bits per heavy atom. The smallest absolute Gasteiger partial charge is 0.243 e. The summed E-state index contributed by atoms with van der Waals surface area (Å²) < 4.78 is 1.81. The number of pyridine rings is 1. The molecule has 2 atom stereocenters. The summed E-state index contributed by atoms with van der Waals surface area (Å²) in [7, 11) is 0. The van der Waals surface area contributed by atoms with E-state index >= 15 is 0 Å². The molecule has 3 rings (SSSR count). The predicted octanol–water partition coefficient (Wildman–Crippen LogP) is 2.36. The molecule has 1 saturated carbocycles. The summed E-state index contributed by atoms with van der Waals surface area (Å²) >= 11 is 0. The Hall–Kier alpha value is -1.62. The zero-order valence-corrected chi connectivity index (χ0v) is 12.3. The lowest BCUT2D eigenvalue weighted by atomic mass is 9.73. The van der Waals surface area contributed by atoms with E-state index in [-0.39, 0.29) is 5.54 Å². The number of aromatic nitrogens is 3. The van der Waals surface area contributed by atoms with Gasteiger partial charge >= 0.3 is 0 Å². The average Bonchev–Trinajstić information content (AvgIpc) is 2.82. The Kier molecular flexibility index (Phi) is 3.38. The average molecular weight is 273 g/mol. The van der Waals surface area contributed by atoms with Crippen LogP contribution in [-0.4, -0.2) is 26.7 Å². The number of rotatable bonds is 3. The topological polar surface area (TPSA) is 68.2 Å². The molecule has 0 saturated heterocycles.